The van der Waals surface area contributed by atoms with Gasteiger partial charge in [0.1, 0.15) is 13.2 Å². The summed E-state index contributed by atoms with van der Waals surface area (Å²) in [5.74, 6) is -0.191. The van der Waals surface area contributed by atoms with Crippen LogP contribution < -0.4 is 10.2 Å². The van der Waals surface area contributed by atoms with E-state index in [-0.39, 0.29) is 19.1 Å². The van der Waals surface area contributed by atoms with Crippen molar-refractivity contribution in [3.63, 3.8) is 0 Å². The van der Waals surface area contributed by atoms with Crippen LogP contribution in [0.5, 0.6) is 0 Å². The number of rotatable bonds is 70. The Morgan fingerprint density at radius 2 is 0.693 bits per heavy atom. The summed E-state index contributed by atoms with van der Waals surface area (Å²) < 4.78 is 23.5. The summed E-state index contributed by atoms with van der Waals surface area (Å²) >= 11 is 0. The number of phosphoric acid groups is 1. The van der Waals surface area contributed by atoms with Crippen LogP contribution in [0.1, 0.15) is 361 Å². The molecule has 0 aliphatic carbocycles. The van der Waals surface area contributed by atoms with E-state index in [1.807, 2.05) is 27.2 Å². The van der Waals surface area contributed by atoms with Gasteiger partial charge >= 0.3 is 0 Å². The lowest BCUT2D eigenvalue weighted by atomic mass is 10.0. The molecule has 0 rings (SSSR count). The number of carbonyl (C=O) groups excluding carboxylic acids is 1. The molecule has 0 aliphatic rings. The number of carbonyl (C=O) groups is 1. The number of unbranched alkanes of at least 4 members (excludes halogenated alkanes) is 45. The van der Waals surface area contributed by atoms with Gasteiger partial charge in [-0.25, -0.2) is 0 Å². The number of aliphatic hydroxyl groups is 1. The number of likely N-dealkylation sites (N-methyl/N-ethyl adjacent to an activating group) is 1. The fourth-order valence-electron chi connectivity index (χ4n) is 11.3. The first-order valence-electron chi connectivity index (χ1n) is 37.9. The Balaban J connectivity index is 3.96. The summed E-state index contributed by atoms with van der Waals surface area (Å²) in [5, 5.41) is 14.0. The predicted octanol–water partition coefficient (Wildman–Crippen LogP) is 24.0. The molecule has 514 valence electrons. The van der Waals surface area contributed by atoms with Gasteiger partial charge in [-0.2, -0.15) is 0 Å². The number of amides is 1. The van der Waals surface area contributed by atoms with Crippen LogP contribution in [0.4, 0.5) is 0 Å². The van der Waals surface area contributed by atoms with E-state index in [2.05, 4.69) is 92.1 Å². The number of aliphatic hydroxyl groups excluding tert-OH is 1. The number of allylic oxidation sites excluding steroid dienone is 13. The number of phosphoric ester groups is 1. The van der Waals surface area contributed by atoms with Crippen LogP contribution in [-0.4, -0.2) is 68.5 Å². The minimum atomic E-state index is -4.61. The van der Waals surface area contributed by atoms with E-state index < -0.39 is 20.0 Å². The van der Waals surface area contributed by atoms with Crippen LogP contribution >= 0.6 is 7.82 Å². The molecule has 0 aromatic carbocycles. The van der Waals surface area contributed by atoms with E-state index in [0.29, 0.717) is 17.4 Å². The first-order valence-corrected chi connectivity index (χ1v) is 39.4. The third-order valence-electron chi connectivity index (χ3n) is 17.1. The highest BCUT2D eigenvalue weighted by atomic mass is 31.2. The molecule has 2 N–H and O–H groups in total. The van der Waals surface area contributed by atoms with Gasteiger partial charge in [-0.1, -0.05) is 369 Å². The second kappa shape index (κ2) is 69.0. The van der Waals surface area contributed by atoms with E-state index in [4.69, 9.17) is 9.05 Å². The SMILES string of the molecule is CC/C=C\C/C=C\C/C=C\C/C=C\C/C=C\C/C=C\CCCCCCCCCCCCCCCCCCCCCCCCC(=O)NC(COP(=O)([O-])OCC[N+](C)(C)C)C(O)/C=C/CCCCCCCCCCCCCCCCCCCCCCCCC. The Hall–Kier alpha value is -2.32. The Morgan fingerprint density at radius 1 is 0.409 bits per heavy atom. The van der Waals surface area contributed by atoms with Crippen LogP contribution in [-0.2, 0) is 18.4 Å². The minimum Gasteiger partial charge on any atom is -0.756 e. The zero-order valence-corrected chi connectivity index (χ0v) is 59.8. The van der Waals surface area contributed by atoms with E-state index in [9.17, 15) is 19.4 Å². The third-order valence-corrected chi connectivity index (χ3v) is 18.1. The van der Waals surface area contributed by atoms with Crippen molar-refractivity contribution in [2.75, 3.05) is 40.9 Å². The molecule has 9 heteroatoms. The second-order valence-electron chi connectivity index (χ2n) is 27.0. The fourth-order valence-corrected chi connectivity index (χ4v) is 12.0. The molecule has 0 aliphatic heterocycles. The average Bonchev–Trinajstić information content (AvgIpc) is 3.71. The molecule has 0 bridgehead atoms. The number of quaternary nitrogens is 1. The van der Waals surface area contributed by atoms with Gasteiger partial charge in [0, 0.05) is 6.42 Å². The maximum absolute atomic E-state index is 13.1. The van der Waals surface area contributed by atoms with Crippen LogP contribution in [0.25, 0.3) is 0 Å². The second-order valence-corrected chi connectivity index (χ2v) is 28.4. The normalized spacial score (nSPS) is 14.0. The molecule has 88 heavy (non-hydrogen) atoms. The molecule has 0 aromatic heterocycles. The van der Waals surface area contributed by atoms with Crippen LogP contribution in [0.3, 0.4) is 0 Å². The molecular formula is C79H147N2O6P. The predicted molar refractivity (Wildman–Crippen MR) is 385 cm³/mol. The Labute approximate surface area is 547 Å². The van der Waals surface area contributed by atoms with Crippen LogP contribution in [0.2, 0.25) is 0 Å². The molecule has 0 heterocycles. The van der Waals surface area contributed by atoms with Gasteiger partial charge in [0.2, 0.25) is 5.91 Å². The molecule has 0 aromatic rings. The van der Waals surface area contributed by atoms with Gasteiger partial charge in [-0.3, -0.25) is 9.36 Å². The van der Waals surface area contributed by atoms with Crippen molar-refractivity contribution in [2.45, 2.75) is 373 Å². The molecule has 3 atom stereocenters. The van der Waals surface area contributed by atoms with E-state index in [0.717, 1.165) is 77.0 Å². The molecule has 8 nitrogen and oxygen atoms in total. The lowest BCUT2D eigenvalue weighted by Gasteiger charge is -2.29. The first-order chi connectivity index (χ1) is 43.0. The maximum atomic E-state index is 13.1. The standard InChI is InChI=1S/C79H147N2O6P/c1-6-8-10-12-14-16-18-20-22-24-26-28-30-32-33-34-35-36-37-38-39-40-41-42-43-44-45-46-47-49-51-53-55-57-59-61-63-65-67-69-71-73-79(83)80-77(76-87-88(84,85)86-75-74-81(3,4)5)78(82)72-70-68-66-64-62-60-58-56-54-52-50-48-31-29-27-25-23-21-19-17-15-13-11-9-7-2/h8,10,14,16,20,22,26,28,32-33,35-36,70,72,77-78,82H,6-7,9,11-13,15,17-19,21,23-25,27,29-31,34,37-69,71,73-76H2,1-5H3,(H-,80,83,84,85)/b10-8-,16-14-,22-20-,28-26-,33-32-,36-35-,72-70+. The van der Waals surface area contributed by atoms with Gasteiger partial charge in [-0.05, 0) is 70.6 Å². The quantitative estimate of drug-likeness (QED) is 0.0272. The van der Waals surface area contributed by atoms with Gasteiger partial charge in [0.25, 0.3) is 7.82 Å². The molecule has 0 saturated carbocycles. The van der Waals surface area contributed by atoms with Gasteiger partial charge in [-0.15, -0.1) is 0 Å². The Kier molecular flexibility index (Phi) is 67.2. The van der Waals surface area contributed by atoms with Crippen molar-refractivity contribution in [2.24, 2.45) is 0 Å². The summed E-state index contributed by atoms with van der Waals surface area (Å²) in [6, 6.07) is -0.889. The Bertz CT molecular complexity index is 1710. The first kappa shape index (κ1) is 85.7. The molecule has 1 amide bonds. The van der Waals surface area contributed by atoms with Gasteiger partial charge in [0.05, 0.1) is 39.9 Å². The highest BCUT2D eigenvalue weighted by Crippen LogP contribution is 2.38. The lowest BCUT2D eigenvalue weighted by Crippen LogP contribution is -2.45. The summed E-state index contributed by atoms with van der Waals surface area (Å²) in [5.41, 5.74) is 0. The average molecular weight is 1250 g/mol. The van der Waals surface area contributed by atoms with E-state index in [1.165, 1.54) is 263 Å². The lowest BCUT2D eigenvalue weighted by molar-refractivity contribution is -0.870. The van der Waals surface area contributed by atoms with Crippen molar-refractivity contribution in [3.8, 4) is 0 Å². The van der Waals surface area contributed by atoms with Gasteiger partial charge in [0.15, 0.2) is 0 Å². The van der Waals surface area contributed by atoms with Crippen LogP contribution in [0.15, 0.2) is 85.1 Å². The Morgan fingerprint density at radius 3 is 1.01 bits per heavy atom. The van der Waals surface area contributed by atoms with E-state index in [1.54, 1.807) is 6.08 Å². The van der Waals surface area contributed by atoms with Crippen molar-refractivity contribution < 1.29 is 32.9 Å². The summed E-state index contributed by atoms with van der Waals surface area (Å²) in [4.78, 5) is 25.7. The van der Waals surface area contributed by atoms with Crippen molar-refractivity contribution >= 4 is 13.7 Å². The zero-order chi connectivity index (χ0) is 64.1. The topological polar surface area (TPSA) is 108 Å². The molecule has 0 radical (unpaired) electrons. The minimum absolute atomic E-state index is 0.000641. The summed E-state index contributed by atoms with van der Waals surface area (Å²) in [7, 11) is 1.27. The molecule has 0 spiro atoms. The number of hydrogen-bond acceptors (Lipinski definition) is 6. The number of nitrogens with one attached hydrogen (secondary N) is 1. The van der Waals surface area contributed by atoms with Crippen molar-refractivity contribution in [3.05, 3.63) is 85.1 Å². The smallest absolute Gasteiger partial charge is 0.268 e. The van der Waals surface area contributed by atoms with Crippen molar-refractivity contribution in [1.29, 1.82) is 0 Å². The van der Waals surface area contributed by atoms with Crippen LogP contribution in [0, 0.1) is 0 Å². The highest BCUT2D eigenvalue weighted by Gasteiger charge is 2.23. The van der Waals surface area contributed by atoms with Crippen molar-refractivity contribution in [1.82, 2.24) is 5.32 Å². The molecular weight excluding hydrogens is 1100 g/mol. The zero-order valence-electron chi connectivity index (χ0n) is 58.9. The fraction of sp³-hybridized carbons (Fsp3) is 0.810. The molecule has 0 fully saturated rings. The largest absolute Gasteiger partial charge is 0.756 e. The molecule has 3 unspecified atom stereocenters. The number of nitrogens with zero attached hydrogens (tertiary/aromatic N) is 1. The summed E-state index contributed by atoms with van der Waals surface area (Å²) in [6.45, 7) is 4.58. The maximum Gasteiger partial charge on any atom is 0.268 e. The third kappa shape index (κ3) is 71.1. The highest BCUT2D eigenvalue weighted by molar-refractivity contribution is 7.45. The number of hydrogen-bond donors (Lipinski definition) is 2. The van der Waals surface area contributed by atoms with E-state index >= 15 is 0 Å². The monoisotopic (exact) mass is 1250 g/mol. The van der Waals surface area contributed by atoms with Gasteiger partial charge < -0.3 is 28.8 Å². The summed E-state index contributed by atoms with van der Waals surface area (Å²) in [6.07, 6.45) is 98.7. The molecule has 0 saturated heterocycles.